The second-order valence-electron chi connectivity index (χ2n) is 8.99. The number of carbonyl (C=O) groups is 1. The van der Waals surface area contributed by atoms with Crippen LogP contribution in [-0.4, -0.2) is 70.1 Å². The van der Waals surface area contributed by atoms with Gasteiger partial charge < -0.3 is 25.4 Å². The lowest BCUT2D eigenvalue weighted by molar-refractivity contribution is -0.0979. The summed E-state index contributed by atoms with van der Waals surface area (Å²) < 4.78 is 35.9. The molecule has 3 N–H and O–H groups in total. The minimum absolute atomic E-state index is 0.0386. The van der Waals surface area contributed by atoms with Crippen molar-refractivity contribution in [3.63, 3.8) is 0 Å². The van der Waals surface area contributed by atoms with Gasteiger partial charge in [0.05, 0.1) is 42.1 Å². The molecule has 0 radical (unpaired) electrons. The Kier molecular flexibility index (Phi) is 6.07. The summed E-state index contributed by atoms with van der Waals surface area (Å²) in [6.07, 6.45) is 0. The molecule has 0 aliphatic carbocycles. The molecule has 0 saturated carbocycles. The van der Waals surface area contributed by atoms with Gasteiger partial charge in [0.2, 0.25) is 5.95 Å². The molecule has 11 heteroatoms. The molecule has 2 aromatic carbocycles. The fraction of sp³-hybridized carbons (Fsp3) is 0.375. The molecule has 0 amide bonds. The fourth-order valence-electron chi connectivity index (χ4n) is 4.32. The number of hydrogen-bond donors (Lipinski definition) is 2. The number of rotatable bonds is 6. The number of hydrogen-bond acceptors (Lipinski definition) is 10. The van der Waals surface area contributed by atoms with Gasteiger partial charge in [0.15, 0.2) is 9.84 Å². The molecule has 10 nitrogen and oxygen atoms in total. The first-order chi connectivity index (χ1) is 16.8. The van der Waals surface area contributed by atoms with Crippen LogP contribution in [0.15, 0.2) is 47.4 Å². The third-order valence-corrected chi connectivity index (χ3v) is 8.36. The Hall–Kier alpha value is -3.28. The fourth-order valence-corrected chi connectivity index (χ4v) is 5.82. The average Bonchev–Trinajstić information content (AvgIpc) is 2.98. The molecule has 1 fully saturated rings. The molecule has 0 spiro atoms. The van der Waals surface area contributed by atoms with E-state index in [0.29, 0.717) is 71.5 Å². The predicted octanol–water partition coefficient (Wildman–Crippen LogP) is 1.60. The van der Waals surface area contributed by atoms with Crippen LogP contribution < -0.4 is 16.0 Å². The van der Waals surface area contributed by atoms with E-state index in [1.165, 1.54) is 7.11 Å². The second-order valence-corrected chi connectivity index (χ2v) is 11.1. The van der Waals surface area contributed by atoms with Crippen LogP contribution in [0, 0.1) is 5.41 Å². The molecule has 184 valence electrons. The Labute approximate surface area is 203 Å². The van der Waals surface area contributed by atoms with E-state index in [0.717, 1.165) is 0 Å². The van der Waals surface area contributed by atoms with E-state index in [9.17, 15) is 13.2 Å². The second kappa shape index (κ2) is 9.06. The lowest BCUT2D eigenvalue weighted by Gasteiger charge is -2.40. The van der Waals surface area contributed by atoms with Crippen molar-refractivity contribution in [3.8, 4) is 0 Å². The van der Waals surface area contributed by atoms with E-state index in [2.05, 4.69) is 5.32 Å². The summed E-state index contributed by atoms with van der Waals surface area (Å²) in [6.45, 7) is 2.73. The highest BCUT2D eigenvalue weighted by molar-refractivity contribution is 7.91. The summed E-state index contributed by atoms with van der Waals surface area (Å²) in [5.74, 6) is 0.450. The Morgan fingerprint density at radius 3 is 2.74 bits per heavy atom. The quantitative estimate of drug-likeness (QED) is 0.483. The molecule has 0 bridgehead atoms. The summed E-state index contributed by atoms with van der Waals surface area (Å²) >= 11 is 0. The summed E-state index contributed by atoms with van der Waals surface area (Å²) in [7, 11) is -2.08. The Morgan fingerprint density at radius 2 is 2.03 bits per heavy atom. The zero-order valence-electron chi connectivity index (χ0n) is 19.4. The van der Waals surface area contributed by atoms with Crippen molar-refractivity contribution in [1.82, 2.24) is 9.97 Å². The molecule has 0 atom stereocenters. The number of ether oxygens (including phenoxy) is 2. The van der Waals surface area contributed by atoms with Gasteiger partial charge in [-0.3, -0.25) is 0 Å². The maximum Gasteiger partial charge on any atom is 0.337 e. The zero-order valence-corrected chi connectivity index (χ0v) is 20.2. The summed E-state index contributed by atoms with van der Waals surface area (Å²) in [4.78, 5) is 23.9. The number of nitrogens with two attached hydrogens (primary N) is 1. The van der Waals surface area contributed by atoms with Crippen LogP contribution in [0.5, 0.6) is 0 Å². The Morgan fingerprint density at radius 1 is 1.23 bits per heavy atom. The minimum atomic E-state index is -3.41. The van der Waals surface area contributed by atoms with Crippen LogP contribution in [-0.2, 0) is 25.9 Å². The standard InChI is InChI=1S/C24H27N5O5S/c1-33-22(30)16-6-7-19-18(10-16)21(26-13-24(12-25)14-34-15-24)28-23(27-19)29-8-9-35(31,32)20-5-3-2-4-17(20)11-29/h2-7,10H,8-9,11-15,25H2,1H3,(H,26,27,28). The lowest BCUT2D eigenvalue weighted by atomic mass is 9.86. The number of sulfone groups is 1. The summed E-state index contributed by atoms with van der Waals surface area (Å²) in [5.41, 5.74) is 7.51. The lowest BCUT2D eigenvalue weighted by Crippen LogP contribution is -2.52. The highest BCUT2D eigenvalue weighted by Crippen LogP contribution is 2.31. The largest absolute Gasteiger partial charge is 0.465 e. The molecule has 3 heterocycles. The maximum atomic E-state index is 12.8. The van der Waals surface area contributed by atoms with Crippen molar-refractivity contribution in [2.75, 3.05) is 55.9 Å². The first-order valence-electron chi connectivity index (χ1n) is 11.3. The molecule has 1 aromatic heterocycles. The van der Waals surface area contributed by atoms with Gasteiger partial charge in [-0.1, -0.05) is 18.2 Å². The van der Waals surface area contributed by atoms with Crippen LogP contribution in [0.25, 0.3) is 10.9 Å². The van der Waals surface area contributed by atoms with E-state index in [4.69, 9.17) is 25.2 Å². The van der Waals surface area contributed by atoms with Gasteiger partial charge in [0.25, 0.3) is 0 Å². The van der Waals surface area contributed by atoms with Crippen molar-refractivity contribution in [2.24, 2.45) is 11.1 Å². The van der Waals surface area contributed by atoms with Gasteiger partial charge in [-0.15, -0.1) is 0 Å². The smallest absolute Gasteiger partial charge is 0.337 e. The summed E-state index contributed by atoms with van der Waals surface area (Å²) in [6, 6.07) is 12.1. The molecule has 2 aliphatic heterocycles. The molecule has 2 aliphatic rings. The number of carbonyl (C=O) groups excluding carboxylic acids is 1. The minimum Gasteiger partial charge on any atom is -0.465 e. The van der Waals surface area contributed by atoms with Crippen LogP contribution in [0.4, 0.5) is 11.8 Å². The van der Waals surface area contributed by atoms with Crippen molar-refractivity contribution < 1.29 is 22.7 Å². The number of anilines is 2. The third-order valence-electron chi connectivity index (χ3n) is 6.57. The van der Waals surface area contributed by atoms with E-state index in [-0.39, 0.29) is 17.7 Å². The van der Waals surface area contributed by atoms with Crippen LogP contribution in [0.1, 0.15) is 15.9 Å². The van der Waals surface area contributed by atoms with E-state index < -0.39 is 15.8 Å². The molecule has 0 unspecified atom stereocenters. The number of benzene rings is 2. The van der Waals surface area contributed by atoms with E-state index in [1.807, 2.05) is 17.0 Å². The van der Waals surface area contributed by atoms with Gasteiger partial charge in [-0.25, -0.2) is 18.2 Å². The highest BCUT2D eigenvalue weighted by Gasteiger charge is 2.37. The normalized spacial score (nSPS) is 18.3. The van der Waals surface area contributed by atoms with Crippen LogP contribution in [0.3, 0.4) is 0 Å². The third kappa shape index (κ3) is 4.42. The van der Waals surface area contributed by atoms with Crippen LogP contribution in [0.2, 0.25) is 0 Å². The molecular formula is C24H27N5O5S. The van der Waals surface area contributed by atoms with Gasteiger partial charge in [-0.05, 0) is 29.8 Å². The van der Waals surface area contributed by atoms with Crippen molar-refractivity contribution in [1.29, 1.82) is 0 Å². The first kappa shape index (κ1) is 23.5. The van der Waals surface area contributed by atoms with Gasteiger partial charge in [-0.2, -0.15) is 4.98 Å². The molecule has 3 aromatic rings. The SMILES string of the molecule is COC(=O)c1ccc2nc(N3CCS(=O)(=O)c4ccccc4C3)nc(NCC3(CN)COC3)c2c1. The van der Waals surface area contributed by atoms with Gasteiger partial charge in [0.1, 0.15) is 5.82 Å². The topological polar surface area (TPSA) is 137 Å². The number of fused-ring (bicyclic) bond motifs is 2. The van der Waals surface area contributed by atoms with Gasteiger partial charge >= 0.3 is 5.97 Å². The predicted molar refractivity (Wildman–Crippen MR) is 131 cm³/mol. The number of aromatic nitrogens is 2. The van der Waals surface area contributed by atoms with Crippen LogP contribution >= 0.6 is 0 Å². The molecule has 35 heavy (non-hydrogen) atoms. The highest BCUT2D eigenvalue weighted by atomic mass is 32.2. The number of esters is 1. The van der Waals surface area contributed by atoms with Gasteiger partial charge in [0, 0.05) is 37.0 Å². The van der Waals surface area contributed by atoms with Crippen molar-refractivity contribution in [3.05, 3.63) is 53.6 Å². The molecule has 1 saturated heterocycles. The average molecular weight is 498 g/mol. The number of nitrogens with zero attached hydrogens (tertiary/aromatic N) is 3. The number of nitrogens with one attached hydrogen (secondary N) is 1. The first-order valence-corrected chi connectivity index (χ1v) is 13.0. The zero-order chi connectivity index (χ0) is 24.6. The Bertz CT molecular complexity index is 1380. The van der Waals surface area contributed by atoms with E-state index in [1.54, 1.807) is 30.3 Å². The monoisotopic (exact) mass is 497 g/mol. The molecular weight excluding hydrogens is 470 g/mol. The summed E-state index contributed by atoms with van der Waals surface area (Å²) in [5, 5.41) is 4.05. The maximum absolute atomic E-state index is 12.8. The number of methoxy groups -OCH3 is 1. The Balaban J connectivity index is 1.56. The van der Waals surface area contributed by atoms with E-state index >= 15 is 0 Å². The van der Waals surface area contributed by atoms with Crippen molar-refractivity contribution >= 4 is 38.5 Å². The van der Waals surface area contributed by atoms with Crippen molar-refractivity contribution in [2.45, 2.75) is 11.4 Å². The molecule has 5 rings (SSSR count).